The zero-order chi connectivity index (χ0) is 18.7. The van der Waals surface area contributed by atoms with Crippen LogP contribution in [0.1, 0.15) is 52.9 Å². The van der Waals surface area contributed by atoms with Gasteiger partial charge in [-0.05, 0) is 38.0 Å². The number of carbonyl (C=O) groups is 1. The number of aryl methyl sites for hydroxylation is 1. The van der Waals surface area contributed by atoms with Gasteiger partial charge in [0.2, 0.25) is 0 Å². The number of carbonyl (C=O) groups excluding carboxylic acids is 1. The first kappa shape index (κ1) is 17.6. The second-order valence-electron chi connectivity index (χ2n) is 6.39. The Labute approximate surface area is 152 Å². The van der Waals surface area contributed by atoms with Crippen molar-refractivity contribution in [3.8, 4) is 5.69 Å². The molecule has 7 nitrogen and oxygen atoms in total. The molecule has 0 bridgehead atoms. The quantitative estimate of drug-likeness (QED) is 0.547. The number of amides is 1. The van der Waals surface area contributed by atoms with E-state index < -0.39 is 0 Å². The van der Waals surface area contributed by atoms with Gasteiger partial charge in [-0.1, -0.05) is 32.0 Å². The summed E-state index contributed by atoms with van der Waals surface area (Å²) in [6.07, 6.45) is 1.62. The van der Waals surface area contributed by atoms with Crippen molar-refractivity contribution in [1.29, 1.82) is 0 Å². The molecule has 0 radical (unpaired) electrons. The zero-order valence-electron chi connectivity index (χ0n) is 15.3. The molecule has 0 saturated heterocycles. The van der Waals surface area contributed by atoms with Gasteiger partial charge in [-0.2, -0.15) is 15.3 Å². The SMILES string of the molecule is Cc1nn(-c2ccccc2)c(C)c1C=NNC(=O)c1cc(C(C)C)[nH]n1. The van der Waals surface area contributed by atoms with Gasteiger partial charge in [0.25, 0.3) is 5.91 Å². The maximum atomic E-state index is 12.1. The number of H-pyrrole nitrogens is 1. The molecule has 0 atom stereocenters. The molecule has 0 saturated carbocycles. The molecule has 0 aliphatic rings. The van der Waals surface area contributed by atoms with Crippen LogP contribution in [0.25, 0.3) is 5.69 Å². The van der Waals surface area contributed by atoms with Crippen molar-refractivity contribution < 1.29 is 4.79 Å². The minimum absolute atomic E-state index is 0.279. The first-order valence-corrected chi connectivity index (χ1v) is 8.47. The molecule has 2 heterocycles. The highest BCUT2D eigenvalue weighted by Crippen LogP contribution is 2.16. The summed E-state index contributed by atoms with van der Waals surface area (Å²) in [4.78, 5) is 12.1. The minimum atomic E-state index is -0.352. The van der Waals surface area contributed by atoms with E-state index in [4.69, 9.17) is 0 Å². The van der Waals surface area contributed by atoms with Crippen molar-refractivity contribution in [2.24, 2.45) is 5.10 Å². The summed E-state index contributed by atoms with van der Waals surface area (Å²) in [5.74, 6) is -0.0724. The Morgan fingerprint density at radius 3 is 2.65 bits per heavy atom. The number of hydrazone groups is 1. The number of aromatic amines is 1. The molecule has 3 aromatic rings. The van der Waals surface area contributed by atoms with Gasteiger partial charge in [0.15, 0.2) is 5.69 Å². The standard InChI is InChI=1S/C19H22N6O/c1-12(2)17-10-18(22-21-17)19(26)23-20-11-16-13(3)24-25(14(16)4)15-8-6-5-7-9-15/h5-12H,1-4H3,(H,21,22)(H,23,26). The average Bonchev–Trinajstić information content (AvgIpc) is 3.23. The summed E-state index contributed by atoms with van der Waals surface area (Å²) in [5.41, 5.74) is 7.39. The largest absolute Gasteiger partial charge is 0.291 e. The Kier molecular flexibility index (Phi) is 4.97. The third-order valence-corrected chi connectivity index (χ3v) is 4.16. The van der Waals surface area contributed by atoms with E-state index in [0.29, 0.717) is 5.69 Å². The first-order valence-electron chi connectivity index (χ1n) is 8.47. The highest BCUT2D eigenvalue weighted by molar-refractivity contribution is 5.93. The lowest BCUT2D eigenvalue weighted by atomic mass is 10.1. The van der Waals surface area contributed by atoms with Gasteiger partial charge in [-0.3, -0.25) is 9.89 Å². The maximum absolute atomic E-state index is 12.1. The van der Waals surface area contributed by atoms with Gasteiger partial charge >= 0.3 is 0 Å². The van der Waals surface area contributed by atoms with E-state index in [1.807, 2.05) is 62.7 Å². The molecule has 0 aliphatic carbocycles. The molecule has 2 aromatic heterocycles. The van der Waals surface area contributed by atoms with Crippen molar-refractivity contribution in [3.05, 3.63) is 64.7 Å². The third kappa shape index (κ3) is 3.56. The zero-order valence-corrected chi connectivity index (χ0v) is 15.3. The Morgan fingerprint density at radius 1 is 1.27 bits per heavy atom. The fourth-order valence-corrected chi connectivity index (χ4v) is 2.62. The summed E-state index contributed by atoms with van der Waals surface area (Å²) in [5, 5.41) is 15.5. The van der Waals surface area contributed by atoms with Gasteiger partial charge in [0.05, 0.1) is 23.3 Å². The molecule has 0 spiro atoms. The van der Waals surface area contributed by atoms with Gasteiger partial charge in [0.1, 0.15) is 0 Å². The van der Waals surface area contributed by atoms with Gasteiger partial charge in [-0.25, -0.2) is 10.1 Å². The summed E-state index contributed by atoms with van der Waals surface area (Å²) in [6, 6.07) is 11.6. The van der Waals surface area contributed by atoms with E-state index in [1.165, 1.54) is 0 Å². The van der Waals surface area contributed by atoms with Crippen molar-refractivity contribution in [2.75, 3.05) is 0 Å². The average molecular weight is 350 g/mol. The molecular weight excluding hydrogens is 328 g/mol. The van der Waals surface area contributed by atoms with E-state index in [1.54, 1.807) is 12.3 Å². The molecule has 0 aliphatic heterocycles. The number of nitrogens with zero attached hydrogens (tertiary/aromatic N) is 4. The minimum Gasteiger partial charge on any atom is -0.282 e. The van der Waals surface area contributed by atoms with Crippen LogP contribution in [-0.4, -0.2) is 32.1 Å². The number of hydrogen-bond acceptors (Lipinski definition) is 4. The fourth-order valence-electron chi connectivity index (χ4n) is 2.62. The molecule has 1 aromatic carbocycles. The molecular formula is C19H22N6O. The van der Waals surface area contributed by atoms with E-state index in [0.717, 1.165) is 28.3 Å². The van der Waals surface area contributed by atoms with Gasteiger partial charge in [0, 0.05) is 11.3 Å². The fraction of sp³-hybridized carbons (Fsp3) is 0.263. The Hall–Kier alpha value is -3.22. The van der Waals surface area contributed by atoms with Crippen LogP contribution in [0.2, 0.25) is 0 Å². The maximum Gasteiger partial charge on any atom is 0.291 e. The molecule has 0 unspecified atom stereocenters. The second-order valence-corrected chi connectivity index (χ2v) is 6.39. The predicted octanol–water partition coefficient (Wildman–Crippen LogP) is 3.10. The van der Waals surface area contributed by atoms with Crippen molar-refractivity contribution in [3.63, 3.8) is 0 Å². The molecule has 1 amide bonds. The van der Waals surface area contributed by atoms with Crippen LogP contribution in [0, 0.1) is 13.8 Å². The van der Waals surface area contributed by atoms with Crippen LogP contribution in [0.3, 0.4) is 0 Å². The van der Waals surface area contributed by atoms with Crippen LogP contribution in [0.4, 0.5) is 0 Å². The number of aromatic nitrogens is 4. The number of para-hydroxylation sites is 1. The molecule has 134 valence electrons. The molecule has 26 heavy (non-hydrogen) atoms. The lowest BCUT2D eigenvalue weighted by molar-refractivity contribution is 0.0950. The summed E-state index contributed by atoms with van der Waals surface area (Å²) in [6.45, 7) is 7.95. The molecule has 0 fully saturated rings. The normalized spacial score (nSPS) is 11.4. The predicted molar refractivity (Wildman–Crippen MR) is 101 cm³/mol. The Balaban J connectivity index is 1.74. The van der Waals surface area contributed by atoms with Crippen LogP contribution < -0.4 is 5.43 Å². The summed E-state index contributed by atoms with van der Waals surface area (Å²) in [7, 11) is 0. The number of benzene rings is 1. The van der Waals surface area contributed by atoms with Crippen LogP contribution >= 0.6 is 0 Å². The van der Waals surface area contributed by atoms with Crippen LogP contribution in [-0.2, 0) is 0 Å². The summed E-state index contributed by atoms with van der Waals surface area (Å²) >= 11 is 0. The smallest absolute Gasteiger partial charge is 0.282 e. The summed E-state index contributed by atoms with van der Waals surface area (Å²) < 4.78 is 1.86. The van der Waals surface area contributed by atoms with E-state index in [2.05, 4.69) is 25.8 Å². The molecule has 3 rings (SSSR count). The van der Waals surface area contributed by atoms with E-state index >= 15 is 0 Å². The van der Waals surface area contributed by atoms with Crippen molar-refractivity contribution >= 4 is 12.1 Å². The van der Waals surface area contributed by atoms with Crippen LogP contribution in [0.15, 0.2) is 41.5 Å². The van der Waals surface area contributed by atoms with Gasteiger partial charge < -0.3 is 0 Å². The van der Waals surface area contributed by atoms with E-state index in [9.17, 15) is 4.79 Å². The van der Waals surface area contributed by atoms with E-state index in [-0.39, 0.29) is 11.8 Å². The molecule has 2 N–H and O–H groups in total. The second kappa shape index (κ2) is 7.35. The molecule has 7 heteroatoms. The monoisotopic (exact) mass is 350 g/mol. The van der Waals surface area contributed by atoms with Crippen molar-refractivity contribution in [2.45, 2.75) is 33.6 Å². The number of rotatable bonds is 5. The lowest BCUT2D eigenvalue weighted by Crippen LogP contribution is -2.18. The number of nitrogens with one attached hydrogen (secondary N) is 2. The van der Waals surface area contributed by atoms with Crippen molar-refractivity contribution in [1.82, 2.24) is 25.4 Å². The first-order chi connectivity index (χ1) is 12.5. The highest BCUT2D eigenvalue weighted by Gasteiger charge is 2.13. The third-order valence-electron chi connectivity index (χ3n) is 4.16. The lowest BCUT2D eigenvalue weighted by Gasteiger charge is -2.03. The van der Waals surface area contributed by atoms with Crippen LogP contribution in [0.5, 0.6) is 0 Å². The number of hydrogen-bond donors (Lipinski definition) is 2. The highest BCUT2D eigenvalue weighted by atomic mass is 16.2. The van der Waals surface area contributed by atoms with Gasteiger partial charge in [-0.15, -0.1) is 0 Å². The Bertz CT molecular complexity index is 936. The topological polar surface area (TPSA) is 88.0 Å². The Morgan fingerprint density at radius 2 is 2.00 bits per heavy atom.